The molecule has 2 N–H and O–H groups in total. The summed E-state index contributed by atoms with van der Waals surface area (Å²) in [6.07, 6.45) is 2.98. The number of alkyl halides is 2. The first kappa shape index (κ1) is 12.4. The van der Waals surface area contributed by atoms with Crippen LogP contribution in [0.3, 0.4) is 0 Å². The van der Waals surface area contributed by atoms with Crippen molar-refractivity contribution in [3.8, 4) is 0 Å². The van der Waals surface area contributed by atoms with Gasteiger partial charge in [0.05, 0.1) is 6.04 Å². The predicted octanol–water partition coefficient (Wildman–Crippen LogP) is 2.12. The molecular weight excluding hydrogens is 226 g/mol. The summed E-state index contributed by atoms with van der Waals surface area (Å²) in [7, 11) is 0. The Morgan fingerprint density at radius 3 is 3.00 bits per heavy atom. The van der Waals surface area contributed by atoms with Crippen LogP contribution in [-0.4, -0.2) is 20.7 Å². The maximum atomic E-state index is 13.2. The van der Waals surface area contributed by atoms with E-state index in [0.717, 1.165) is 6.42 Å². The smallest absolute Gasteiger partial charge is 0.248 e. The third-order valence-electron chi connectivity index (χ3n) is 3.15. The number of hydrogen-bond donors (Lipinski definition) is 1. The van der Waals surface area contributed by atoms with Crippen molar-refractivity contribution in [3.05, 3.63) is 12.2 Å². The molecule has 1 aliphatic carbocycles. The summed E-state index contributed by atoms with van der Waals surface area (Å²) in [6, 6.07) is -0.218. The highest BCUT2D eigenvalue weighted by Gasteiger charge is 2.36. The predicted molar refractivity (Wildman–Crippen MR) is 59.5 cm³/mol. The third kappa shape index (κ3) is 3.21. The molecule has 0 radical (unpaired) electrons. The molecule has 1 aliphatic rings. The Labute approximate surface area is 99.2 Å². The van der Waals surface area contributed by atoms with Gasteiger partial charge < -0.3 is 5.73 Å². The molecule has 1 saturated carbocycles. The highest BCUT2D eigenvalue weighted by molar-refractivity contribution is 4.88. The Morgan fingerprint density at radius 1 is 1.65 bits per heavy atom. The minimum Gasteiger partial charge on any atom is -0.321 e. The Kier molecular flexibility index (Phi) is 3.42. The average molecular weight is 244 g/mol. The fraction of sp³-hybridized carbons (Fsp3) is 0.818. The van der Waals surface area contributed by atoms with Gasteiger partial charge in [0.15, 0.2) is 5.82 Å². The monoisotopic (exact) mass is 244 g/mol. The van der Waals surface area contributed by atoms with Gasteiger partial charge in [0.25, 0.3) is 0 Å². The molecule has 2 atom stereocenters. The zero-order valence-electron chi connectivity index (χ0n) is 9.94. The summed E-state index contributed by atoms with van der Waals surface area (Å²) < 4.78 is 28.1. The van der Waals surface area contributed by atoms with Crippen LogP contribution in [0.15, 0.2) is 6.33 Å². The summed E-state index contributed by atoms with van der Waals surface area (Å²) in [5.74, 6) is -1.96. The fourth-order valence-electron chi connectivity index (χ4n) is 2.30. The van der Waals surface area contributed by atoms with Gasteiger partial charge in [-0.1, -0.05) is 0 Å². The third-order valence-corrected chi connectivity index (χ3v) is 3.15. The van der Waals surface area contributed by atoms with Gasteiger partial charge in [0.2, 0.25) is 5.92 Å². The van der Waals surface area contributed by atoms with Crippen molar-refractivity contribution in [2.45, 2.75) is 51.1 Å². The number of hydrogen-bond acceptors (Lipinski definition) is 3. The van der Waals surface area contributed by atoms with Crippen LogP contribution in [0.5, 0.6) is 0 Å². The second-order valence-electron chi connectivity index (χ2n) is 4.93. The Morgan fingerprint density at radius 2 is 2.41 bits per heavy atom. The first-order chi connectivity index (χ1) is 7.96. The SMILES string of the molecule is CC(N)c1ncn(CC2CCCC(F)(F)C2)n1. The lowest BCUT2D eigenvalue weighted by Gasteiger charge is -2.28. The molecule has 17 heavy (non-hydrogen) atoms. The van der Waals surface area contributed by atoms with Crippen molar-refractivity contribution in [2.75, 3.05) is 0 Å². The highest BCUT2D eigenvalue weighted by Crippen LogP contribution is 2.37. The van der Waals surface area contributed by atoms with Crippen LogP contribution >= 0.6 is 0 Å². The second kappa shape index (κ2) is 4.68. The van der Waals surface area contributed by atoms with Crippen molar-refractivity contribution < 1.29 is 8.78 Å². The molecule has 0 aliphatic heterocycles. The quantitative estimate of drug-likeness (QED) is 0.886. The Balaban J connectivity index is 1.95. The van der Waals surface area contributed by atoms with Crippen LogP contribution in [-0.2, 0) is 6.54 Å². The van der Waals surface area contributed by atoms with Crippen LogP contribution in [0, 0.1) is 5.92 Å². The van der Waals surface area contributed by atoms with E-state index in [-0.39, 0.29) is 24.8 Å². The molecule has 1 fully saturated rings. The first-order valence-electron chi connectivity index (χ1n) is 5.99. The summed E-state index contributed by atoms with van der Waals surface area (Å²) in [6.45, 7) is 2.31. The van der Waals surface area contributed by atoms with E-state index in [2.05, 4.69) is 10.1 Å². The maximum absolute atomic E-state index is 13.2. The van der Waals surface area contributed by atoms with Gasteiger partial charge in [-0.2, -0.15) is 5.10 Å². The highest BCUT2D eigenvalue weighted by atomic mass is 19.3. The van der Waals surface area contributed by atoms with E-state index < -0.39 is 5.92 Å². The average Bonchev–Trinajstić information content (AvgIpc) is 2.64. The van der Waals surface area contributed by atoms with Gasteiger partial charge >= 0.3 is 0 Å². The van der Waals surface area contributed by atoms with Gasteiger partial charge in [-0.3, -0.25) is 4.68 Å². The largest absolute Gasteiger partial charge is 0.321 e. The van der Waals surface area contributed by atoms with E-state index in [9.17, 15) is 8.78 Å². The van der Waals surface area contributed by atoms with Gasteiger partial charge in [-0.15, -0.1) is 0 Å². The van der Waals surface area contributed by atoms with Crippen molar-refractivity contribution in [1.29, 1.82) is 0 Å². The van der Waals surface area contributed by atoms with Crippen LogP contribution in [0.25, 0.3) is 0 Å². The Hall–Kier alpha value is -1.04. The summed E-state index contributed by atoms with van der Waals surface area (Å²) in [4.78, 5) is 4.06. The number of rotatable bonds is 3. The molecule has 0 amide bonds. The minimum absolute atomic E-state index is 0.0126. The first-order valence-corrected chi connectivity index (χ1v) is 5.99. The van der Waals surface area contributed by atoms with Crippen LogP contribution < -0.4 is 5.73 Å². The molecular formula is C11H18F2N4. The van der Waals surface area contributed by atoms with Crippen molar-refractivity contribution in [2.24, 2.45) is 11.7 Å². The lowest BCUT2D eigenvalue weighted by Crippen LogP contribution is -2.28. The summed E-state index contributed by atoms with van der Waals surface area (Å²) >= 11 is 0. The molecule has 0 saturated heterocycles. The van der Waals surface area contributed by atoms with Crippen LogP contribution in [0.4, 0.5) is 8.78 Å². The zero-order chi connectivity index (χ0) is 12.5. The van der Waals surface area contributed by atoms with Gasteiger partial charge in [0.1, 0.15) is 6.33 Å². The number of aromatic nitrogens is 3. The van der Waals surface area contributed by atoms with Crippen molar-refractivity contribution in [3.63, 3.8) is 0 Å². The van der Waals surface area contributed by atoms with E-state index in [0.29, 0.717) is 18.8 Å². The lowest BCUT2D eigenvalue weighted by molar-refractivity contribution is -0.0552. The van der Waals surface area contributed by atoms with E-state index in [1.807, 2.05) is 0 Å². The van der Waals surface area contributed by atoms with E-state index >= 15 is 0 Å². The minimum atomic E-state index is -2.51. The van der Waals surface area contributed by atoms with Gasteiger partial charge in [-0.05, 0) is 25.7 Å². The molecule has 0 bridgehead atoms. The van der Waals surface area contributed by atoms with Crippen molar-refractivity contribution >= 4 is 0 Å². The van der Waals surface area contributed by atoms with Crippen LogP contribution in [0.1, 0.15) is 44.5 Å². The molecule has 0 aromatic carbocycles. The summed E-state index contributed by atoms with van der Waals surface area (Å²) in [5, 5.41) is 4.19. The molecule has 96 valence electrons. The van der Waals surface area contributed by atoms with E-state index in [1.165, 1.54) is 0 Å². The molecule has 1 heterocycles. The number of nitrogens with two attached hydrogens (primary N) is 1. The van der Waals surface area contributed by atoms with E-state index in [1.54, 1.807) is 17.9 Å². The molecule has 2 rings (SSSR count). The van der Waals surface area contributed by atoms with E-state index in [4.69, 9.17) is 5.73 Å². The number of nitrogens with zero attached hydrogens (tertiary/aromatic N) is 3. The molecule has 0 spiro atoms. The standard InChI is InChI=1S/C11H18F2N4/c1-8(14)10-15-7-17(16-10)6-9-3-2-4-11(12,13)5-9/h7-9H,2-6,14H2,1H3. The molecule has 1 aromatic heterocycles. The summed E-state index contributed by atoms with van der Waals surface area (Å²) in [5.41, 5.74) is 5.64. The maximum Gasteiger partial charge on any atom is 0.248 e. The zero-order valence-corrected chi connectivity index (χ0v) is 9.94. The normalized spacial score (nSPS) is 25.8. The van der Waals surface area contributed by atoms with Crippen LogP contribution in [0.2, 0.25) is 0 Å². The Bertz CT molecular complexity index is 375. The topological polar surface area (TPSA) is 56.7 Å². The van der Waals surface area contributed by atoms with Gasteiger partial charge in [0, 0.05) is 19.4 Å². The molecule has 1 aromatic rings. The fourth-order valence-corrected chi connectivity index (χ4v) is 2.30. The second-order valence-corrected chi connectivity index (χ2v) is 4.93. The molecule has 6 heteroatoms. The van der Waals surface area contributed by atoms with Gasteiger partial charge in [-0.25, -0.2) is 13.8 Å². The van der Waals surface area contributed by atoms with Crippen molar-refractivity contribution in [1.82, 2.24) is 14.8 Å². The lowest BCUT2D eigenvalue weighted by atomic mass is 9.86. The molecule has 4 nitrogen and oxygen atoms in total. The molecule has 2 unspecified atom stereocenters. The number of halogens is 2.